The van der Waals surface area contributed by atoms with Gasteiger partial charge in [0.05, 0.1) is 8.07 Å². The minimum absolute atomic E-state index is 0.297. The van der Waals surface area contributed by atoms with Crippen molar-refractivity contribution >= 4 is 19.2 Å². The molecule has 20 heavy (non-hydrogen) atoms. The molecule has 0 spiro atoms. The SMILES string of the molecule is C[Si](C)(C)c1ccc(C2CC(CC(=O)O)CCN2)cc1. The Hall–Kier alpha value is -1.13. The molecule has 2 unspecified atom stereocenters. The summed E-state index contributed by atoms with van der Waals surface area (Å²) in [6.07, 6.45) is 2.19. The molecule has 110 valence electrons. The lowest BCUT2D eigenvalue weighted by molar-refractivity contribution is -0.138. The van der Waals surface area contributed by atoms with Crippen LogP contribution in [0.5, 0.6) is 0 Å². The van der Waals surface area contributed by atoms with Crippen molar-refractivity contribution in [2.45, 2.75) is 44.9 Å². The lowest BCUT2D eigenvalue weighted by Crippen LogP contribution is -2.38. The third kappa shape index (κ3) is 3.93. The molecule has 0 aliphatic carbocycles. The summed E-state index contributed by atoms with van der Waals surface area (Å²) in [5.41, 5.74) is 1.29. The number of benzene rings is 1. The summed E-state index contributed by atoms with van der Waals surface area (Å²) in [6.45, 7) is 7.97. The third-order valence-electron chi connectivity index (χ3n) is 4.15. The van der Waals surface area contributed by atoms with Crippen molar-refractivity contribution in [1.82, 2.24) is 5.32 Å². The number of carbonyl (C=O) groups is 1. The Morgan fingerprint density at radius 3 is 2.50 bits per heavy atom. The minimum atomic E-state index is -1.24. The molecule has 4 heteroatoms. The van der Waals surface area contributed by atoms with E-state index in [0.29, 0.717) is 18.4 Å². The molecule has 0 aromatic heterocycles. The van der Waals surface area contributed by atoms with Crippen LogP contribution in [0.2, 0.25) is 19.6 Å². The topological polar surface area (TPSA) is 49.3 Å². The highest BCUT2D eigenvalue weighted by Crippen LogP contribution is 2.29. The van der Waals surface area contributed by atoms with E-state index in [2.05, 4.69) is 49.2 Å². The van der Waals surface area contributed by atoms with Crippen LogP contribution in [0.3, 0.4) is 0 Å². The zero-order valence-electron chi connectivity index (χ0n) is 12.6. The van der Waals surface area contributed by atoms with E-state index in [1.54, 1.807) is 0 Å². The van der Waals surface area contributed by atoms with E-state index in [9.17, 15) is 4.79 Å². The summed E-state index contributed by atoms with van der Waals surface area (Å²) < 4.78 is 0. The maximum absolute atomic E-state index is 10.8. The van der Waals surface area contributed by atoms with E-state index in [1.807, 2.05) is 0 Å². The lowest BCUT2D eigenvalue weighted by Gasteiger charge is -2.30. The van der Waals surface area contributed by atoms with Crippen LogP contribution < -0.4 is 10.5 Å². The third-order valence-corrected chi connectivity index (χ3v) is 6.22. The van der Waals surface area contributed by atoms with Crippen LogP contribution in [0, 0.1) is 5.92 Å². The van der Waals surface area contributed by atoms with Crippen molar-refractivity contribution in [3.63, 3.8) is 0 Å². The van der Waals surface area contributed by atoms with Gasteiger partial charge in [-0.05, 0) is 30.9 Å². The molecule has 3 nitrogen and oxygen atoms in total. The summed E-state index contributed by atoms with van der Waals surface area (Å²) in [7, 11) is -1.24. The van der Waals surface area contributed by atoms with Crippen LogP contribution in [-0.4, -0.2) is 25.7 Å². The van der Waals surface area contributed by atoms with Gasteiger partial charge in [0, 0.05) is 12.5 Å². The van der Waals surface area contributed by atoms with Gasteiger partial charge in [-0.25, -0.2) is 0 Å². The van der Waals surface area contributed by atoms with Crippen molar-refractivity contribution < 1.29 is 9.90 Å². The van der Waals surface area contributed by atoms with Crippen LogP contribution >= 0.6 is 0 Å². The van der Waals surface area contributed by atoms with Crippen LogP contribution in [-0.2, 0) is 4.79 Å². The van der Waals surface area contributed by atoms with E-state index >= 15 is 0 Å². The Morgan fingerprint density at radius 2 is 1.95 bits per heavy atom. The predicted molar refractivity (Wildman–Crippen MR) is 85.1 cm³/mol. The second-order valence-corrected chi connectivity index (χ2v) is 11.9. The first-order valence-corrected chi connectivity index (χ1v) is 10.9. The van der Waals surface area contributed by atoms with Crippen LogP contribution in [0.15, 0.2) is 24.3 Å². The molecular formula is C16H25NO2Si. The van der Waals surface area contributed by atoms with E-state index in [1.165, 1.54) is 10.8 Å². The molecule has 1 aromatic carbocycles. The highest BCUT2D eigenvalue weighted by atomic mass is 28.3. The molecule has 1 saturated heterocycles. The summed E-state index contributed by atoms with van der Waals surface area (Å²) in [5, 5.41) is 13.9. The summed E-state index contributed by atoms with van der Waals surface area (Å²) in [6, 6.07) is 9.25. The molecule has 1 aliphatic heterocycles. The monoisotopic (exact) mass is 291 g/mol. The summed E-state index contributed by atoms with van der Waals surface area (Å²) in [5.74, 6) is -0.375. The fraction of sp³-hybridized carbons (Fsp3) is 0.562. The number of nitrogens with one attached hydrogen (secondary N) is 1. The zero-order chi connectivity index (χ0) is 14.8. The Bertz CT molecular complexity index is 464. The number of carboxylic acids is 1. The molecule has 1 aliphatic rings. The second kappa shape index (κ2) is 6.10. The van der Waals surface area contributed by atoms with E-state index in [0.717, 1.165) is 19.4 Å². The average Bonchev–Trinajstić information content (AvgIpc) is 2.37. The highest BCUT2D eigenvalue weighted by molar-refractivity contribution is 6.88. The number of carboxylic acid groups (broad SMARTS) is 1. The molecule has 1 aromatic rings. The van der Waals surface area contributed by atoms with Crippen LogP contribution in [0.25, 0.3) is 0 Å². The zero-order valence-corrected chi connectivity index (χ0v) is 13.6. The normalized spacial score (nSPS) is 23.6. The van der Waals surface area contributed by atoms with Crippen molar-refractivity contribution in [2.24, 2.45) is 5.92 Å². The molecule has 2 atom stereocenters. The van der Waals surface area contributed by atoms with Crippen molar-refractivity contribution in [3.8, 4) is 0 Å². The molecule has 0 amide bonds. The molecule has 1 heterocycles. The largest absolute Gasteiger partial charge is 0.481 e. The number of hydrogen-bond donors (Lipinski definition) is 2. The van der Waals surface area contributed by atoms with Crippen molar-refractivity contribution in [2.75, 3.05) is 6.54 Å². The molecule has 0 bridgehead atoms. The van der Waals surface area contributed by atoms with E-state index in [-0.39, 0.29) is 0 Å². The smallest absolute Gasteiger partial charge is 0.303 e. The van der Waals surface area contributed by atoms with E-state index < -0.39 is 14.0 Å². The van der Waals surface area contributed by atoms with Gasteiger partial charge in [0.2, 0.25) is 0 Å². The minimum Gasteiger partial charge on any atom is -0.481 e. The van der Waals surface area contributed by atoms with Gasteiger partial charge >= 0.3 is 5.97 Å². The second-order valence-electron chi connectivity index (χ2n) is 6.87. The molecule has 0 saturated carbocycles. The van der Waals surface area contributed by atoms with E-state index in [4.69, 9.17) is 5.11 Å². The van der Waals surface area contributed by atoms with Gasteiger partial charge in [-0.2, -0.15) is 0 Å². The molecule has 2 rings (SSSR count). The number of rotatable bonds is 4. The summed E-state index contributed by atoms with van der Waals surface area (Å²) >= 11 is 0. The van der Waals surface area contributed by atoms with Crippen LogP contribution in [0.1, 0.15) is 30.9 Å². The fourth-order valence-electron chi connectivity index (χ4n) is 2.90. The predicted octanol–water partition coefficient (Wildman–Crippen LogP) is 2.75. The number of aliphatic carboxylic acids is 1. The first kappa shape index (κ1) is 15.3. The maximum Gasteiger partial charge on any atom is 0.303 e. The van der Waals surface area contributed by atoms with Gasteiger partial charge in [0.1, 0.15) is 0 Å². The first-order chi connectivity index (χ1) is 9.36. The average molecular weight is 291 g/mol. The Kier molecular flexibility index (Phi) is 4.65. The van der Waals surface area contributed by atoms with Gasteiger partial charge in [-0.3, -0.25) is 4.79 Å². The molecule has 1 fully saturated rings. The standard InChI is InChI=1S/C16H25NO2Si/c1-20(2,3)14-6-4-13(5-7-14)15-10-12(8-9-17-15)11-16(18)19/h4-7,12,15,17H,8-11H2,1-3H3,(H,18,19). The molecular weight excluding hydrogens is 266 g/mol. The van der Waals surface area contributed by atoms with Gasteiger partial charge < -0.3 is 10.4 Å². The van der Waals surface area contributed by atoms with Crippen molar-refractivity contribution in [3.05, 3.63) is 29.8 Å². The lowest BCUT2D eigenvalue weighted by atomic mass is 9.87. The Labute approximate surface area is 122 Å². The van der Waals surface area contributed by atoms with Gasteiger partial charge in [0.15, 0.2) is 0 Å². The van der Waals surface area contributed by atoms with Crippen molar-refractivity contribution in [1.29, 1.82) is 0 Å². The quantitative estimate of drug-likeness (QED) is 0.839. The Morgan fingerprint density at radius 1 is 1.30 bits per heavy atom. The summed E-state index contributed by atoms with van der Waals surface area (Å²) in [4.78, 5) is 10.8. The van der Waals surface area contributed by atoms with Gasteiger partial charge in [-0.15, -0.1) is 0 Å². The first-order valence-electron chi connectivity index (χ1n) is 7.42. The van der Waals surface area contributed by atoms with Gasteiger partial charge in [-0.1, -0.05) is 49.1 Å². The fourth-order valence-corrected chi connectivity index (χ4v) is 4.06. The van der Waals surface area contributed by atoms with Gasteiger partial charge in [0.25, 0.3) is 0 Å². The number of piperidine rings is 1. The molecule has 0 radical (unpaired) electrons. The highest BCUT2D eigenvalue weighted by Gasteiger charge is 2.25. The Balaban J connectivity index is 2.05. The van der Waals surface area contributed by atoms with Crippen LogP contribution in [0.4, 0.5) is 0 Å². The molecule has 2 N–H and O–H groups in total. The number of hydrogen-bond acceptors (Lipinski definition) is 2. The maximum atomic E-state index is 10.8.